The molecule has 1 amide bonds. The van der Waals surface area contributed by atoms with Crippen LogP contribution in [0, 0.1) is 5.92 Å². The van der Waals surface area contributed by atoms with E-state index in [4.69, 9.17) is 0 Å². The van der Waals surface area contributed by atoms with E-state index in [2.05, 4.69) is 27.4 Å². The van der Waals surface area contributed by atoms with Crippen molar-refractivity contribution in [2.24, 2.45) is 5.92 Å². The largest absolute Gasteiger partial charge is 0.291 e. The Labute approximate surface area is 109 Å². The molecule has 94 valence electrons. The Hall–Kier alpha value is -1.69. The number of carbonyl (C=O) groups is 1. The van der Waals surface area contributed by atoms with E-state index in [1.807, 2.05) is 5.38 Å². The molecule has 0 aromatic carbocycles. The first-order valence-electron chi connectivity index (χ1n) is 6.00. The average molecular weight is 262 g/mol. The van der Waals surface area contributed by atoms with Gasteiger partial charge in [0.25, 0.3) is 5.91 Å². The van der Waals surface area contributed by atoms with Gasteiger partial charge in [-0.25, -0.2) is 5.10 Å². The van der Waals surface area contributed by atoms with Crippen molar-refractivity contribution < 1.29 is 4.79 Å². The Bertz CT molecular complexity index is 561. The lowest BCUT2D eigenvalue weighted by Gasteiger charge is -2.18. The lowest BCUT2D eigenvalue weighted by atomic mass is 9.88. The molecule has 0 unspecified atom stereocenters. The van der Waals surface area contributed by atoms with Crippen LogP contribution in [0.3, 0.4) is 0 Å². The number of nitrogens with zero attached hydrogens (tertiary/aromatic N) is 2. The summed E-state index contributed by atoms with van der Waals surface area (Å²) in [6, 6.07) is 0. The molecule has 0 radical (unpaired) electrons. The van der Waals surface area contributed by atoms with Gasteiger partial charge in [-0.1, -0.05) is 6.92 Å². The van der Waals surface area contributed by atoms with E-state index in [-0.39, 0.29) is 5.91 Å². The highest BCUT2D eigenvalue weighted by molar-refractivity contribution is 7.10. The van der Waals surface area contributed by atoms with Gasteiger partial charge >= 0.3 is 0 Å². The summed E-state index contributed by atoms with van der Waals surface area (Å²) in [5.74, 6) is 1.02. The summed E-state index contributed by atoms with van der Waals surface area (Å²) in [5.41, 5.74) is 2.01. The molecule has 0 fully saturated rings. The number of fused-ring (bicyclic) bond motifs is 1. The van der Waals surface area contributed by atoms with Gasteiger partial charge in [-0.2, -0.15) is 10.1 Å². The lowest BCUT2D eigenvalue weighted by molar-refractivity contribution is 0.102. The van der Waals surface area contributed by atoms with E-state index in [1.54, 1.807) is 11.3 Å². The summed E-state index contributed by atoms with van der Waals surface area (Å²) in [5, 5.41) is 11.0. The van der Waals surface area contributed by atoms with Crippen LogP contribution in [0.2, 0.25) is 0 Å². The monoisotopic (exact) mass is 262 g/mol. The van der Waals surface area contributed by atoms with Crippen LogP contribution in [0.4, 0.5) is 5.95 Å². The van der Waals surface area contributed by atoms with Gasteiger partial charge in [-0.05, 0) is 30.7 Å². The van der Waals surface area contributed by atoms with E-state index in [1.165, 1.54) is 16.8 Å². The summed E-state index contributed by atoms with van der Waals surface area (Å²) in [6.07, 6.45) is 4.63. The summed E-state index contributed by atoms with van der Waals surface area (Å²) in [6.45, 7) is 2.26. The van der Waals surface area contributed by atoms with Crippen LogP contribution in [0.1, 0.15) is 34.1 Å². The molecule has 0 saturated carbocycles. The Balaban J connectivity index is 1.82. The molecule has 0 spiro atoms. The molecular formula is C12H14N4OS. The number of nitrogens with one attached hydrogen (secondary N) is 2. The van der Waals surface area contributed by atoms with E-state index in [0.29, 0.717) is 5.95 Å². The summed E-state index contributed by atoms with van der Waals surface area (Å²) in [4.78, 5) is 17.4. The minimum atomic E-state index is -0.0983. The number of hydrogen-bond donors (Lipinski definition) is 2. The molecule has 5 nitrogen and oxygen atoms in total. The second-order valence-corrected chi connectivity index (χ2v) is 5.65. The number of carbonyl (C=O) groups excluding carboxylic acids is 1. The van der Waals surface area contributed by atoms with Crippen molar-refractivity contribution in [3.63, 3.8) is 0 Å². The molecule has 1 aliphatic carbocycles. The van der Waals surface area contributed by atoms with Crippen molar-refractivity contribution in [2.45, 2.75) is 26.2 Å². The third kappa shape index (κ3) is 2.03. The van der Waals surface area contributed by atoms with Crippen LogP contribution < -0.4 is 5.32 Å². The molecular weight excluding hydrogens is 248 g/mol. The molecule has 3 rings (SSSR count). The normalized spacial score (nSPS) is 18.4. The maximum atomic E-state index is 12.1. The van der Waals surface area contributed by atoms with Gasteiger partial charge in [-0.3, -0.25) is 10.1 Å². The number of amides is 1. The first kappa shape index (κ1) is 11.4. The summed E-state index contributed by atoms with van der Waals surface area (Å²) >= 11 is 1.69. The molecule has 1 aliphatic rings. The van der Waals surface area contributed by atoms with E-state index in [9.17, 15) is 4.79 Å². The molecule has 2 heterocycles. The summed E-state index contributed by atoms with van der Waals surface area (Å²) < 4.78 is 0. The number of rotatable bonds is 2. The smallest absolute Gasteiger partial charge is 0.259 e. The number of aromatic amines is 1. The minimum Gasteiger partial charge on any atom is -0.291 e. The Kier molecular flexibility index (Phi) is 2.87. The number of thiophene rings is 1. The molecule has 18 heavy (non-hydrogen) atoms. The first-order chi connectivity index (χ1) is 8.74. The molecule has 2 aromatic heterocycles. The molecule has 1 atom stereocenters. The van der Waals surface area contributed by atoms with Crippen LogP contribution in [0.5, 0.6) is 0 Å². The standard InChI is InChI=1S/C12H14N4OS/c1-7-2-3-8-9(5-18-10(8)4-7)11(17)15-12-13-6-14-16-12/h5-7H,2-4H2,1H3,(H2,13,14,15,16,17)/t7-/m1/s1. The molecule has 2 aromatic rings. The zero-order valence-electron chi connectivity index (χ0n) is 10.1. The van der Waals surface area contributed by atoms with E-state index < -0.39 is 0 Å². The highest BCUT2D eigenvalue weighted by Gasteiger charge is 2.23. The van der Waals surface area contributed by atoms with Crippen LogP contribution in [0.25, 0.3) is 0 Å². The number of hydrogen-bond acceptors (Lipinski definition) is 4. The second kappa shape index (κ2) is 4.53. The van der Waals surface area contributed by atoms with Crippen LogP contribution >= 0.6 is 11.3 Å². The van der Waals surface area contributed by atoms with Gasteiger partial charge in [0, 0.05) is 10.3 Å². The molecule has 0 bridgehead atoms. The average Bonchev–Trinajstić information content (AvgIpc) is 2.97. The second-order valence-electron chi connectivity index (χ2n) is 4.69. The molecule has 0 saturated heterocycles. The molecule has 2 N–H and O–H groups in total. The first-order valence-corrected chi connectivity index (χ1v) is 6.88. The SMILES string of the molecule is C[C@@H]1CCc2c(C(=O)Nc3ncn[nH]3)csc2C1. The topological polar surface area (TPSA) is 70.7 Å². The van der Waals surface area contributed by atoms with Gasteiger partial charge < -0.3 is 0 Å². The van der Waals surface area contributed by atoms with Crippen molar-refractivity contribution in [1.82, 2.24) is 15.2 Å². The Morgan fingerprint density at radius 1 is 1.61 bits per heavy atom. The van der Waals surface area contributed by atoms with Crippen LogP contribution in [0.15, 0.2) is 11.7 Å². The number of H-pyrrole nitrogens is 1. The van der Waals surface area contributed by atoms with Gasteiger partial charge in [0.05, 0.1) is 5.56 Å². The third-order valence-corrected chi connectivity index (χ3v) is 4.34. The van der Waals surface area contributed by atoms with Crippen molar-refractivity contribution in [3.8, 4) is 0 Å². The van der Waals surface area contributed by atoms with Crippen molar-refractivity contribution in [2.75, 3.05) is 5.32 Å². The zero-order valence-corrected chi connectivity index (χ0v) is 10.9. The maximum absolute atomic E-state index is 12.1. The van der Waals surface area contributed by atoms with Gasteiger partial charge in [0.2, 0.25) is 5.95 Å². The van der Waals surface area contributed by atoms with Crippen molar-refractivity contribution >= 4 is 23.2 Å². The quantitative estimate of drug-likeness (QED) is 0.872. The van der Waals surface area contributed by atoms with Crippen molar-refractivity contribution in [3.05, 3.63) is 27.7 Å². The fourth-order valence-corrected chi connectivity index (χ4v) is 3.55. The zero-order chi connectivity index (χ0) is 12.5. The number of aromatic nitrogens is 3. The lowest BCUT2D eigenvalue weighted by Crippen LogP contribution is -2.17. The highest BCUT2D eigenvalue weighted by atomic mass is 32.1. The van der Waals surface area contributed by atoms with Gasteiger partial charge in [-0.15, -0.1) is 11.3 Å². The Morgan fingerprint density at radius 2 is 2.50 bits per heavy atom. The van der Waals surface area contributed by atoms with E-state index >= 15 is 0 Å². The van der Waals surface area contributed by atoms with Gasteiger partial charge in [0.1, 0.15) is 6.33 Å². The van der Waals surface area contributed by atoms with E-state index in [0.717, 1.165) is 30.7 Å². The highest BCUT2D eigenvalue weighted by Crippen LogP contribution is 2.32. The fraction of sp³-hybridized carbons (Fsp3) is 0.417. The maximum Gasteiger partial charge on any atom is 0.259 e. The van der Waals surface area contributed by atoms with Crippen LogP contribution in [-0.4, -0.2) is 21.1 Å². The third-order valence-electron chi connectivity index (χ3n) is 3.29. The predicted octanol–water partition coefficient (Wildman–Crippen LogP) is 2.24. The minimum absolute atomic E-state index is 0.0983. The summed E-state index contributed by atoms with van der Waals surface area (Å²) in [7, 11) is 0. The fourth-order valence-electron chi connectivity index (χ4n) is 2.31. The van der Waals surface area contributed by atoms with Crippen molar-refractivity contribution in [1.29, 1.82) is 0 Å². The molecule has 0 aliphatic heterocycles. The van der Waals surface area contributed by atoms with Gasteiger partial charge in [0.15, 0.2) is 0 Å². The predicted molar refractivity (Wildman–Crippen MR) is 69.8 cm³/mol. The van der Waals surface area contributed by atoms with Crippen LogP contribution in [-0.2, 0) is 12.8 Å². The number of anilines is 1. The molecule has 6 heteroatoms. The Morgan fingerprint density at radius 3 is 3.28 bits per heavy atom.